The number of fused-ring (bicyclic) bond motifs is 1. The minimum absolute atomic E-state index is 0.00593. The maximum atomic E-state index is 13.8. The van der Waals surface area contributed by atoms with Crippen LogP contribution in [0.2, 0.25) is 0 Å². The lowest BCUT2D eigenvalue weighted by atomic mass is 10.0. The molecular weight excluding hydrogens is 660 g/mol. The van der Waals surface area contributed by atoms with Crippen molar-refractivity contribution < 1.29 is 23.3 Å². The second-order valence-corrected chi connectivity index (χ2v) is 13.6. The Morgan fingerprint density at radius 3 is 2.05 bits per heavy atom. The van der Waals surface area contributed by atoms with E-state index in [0.29, 0.717) is 8.96 Å². The number of nitrogens with one attached hydrogen (secondary N) is 1. The van der Waals surface area contributed by atoms with Crippen LogP contribution in [0.1, 0.15) is 22.8 Å². The standard InChI is InChI=1S/C30H24Br2N2O5S/c31-23(32)17-22-18-40(38)29-25(33-24(35)16-19-10-4-1-5-11-19)28(36)34(29)26(22)30(37)39-27(20-12-6-2-7-13-20)21-14-8-3-9-15-21/h1-15,17,25,27,29H,16,18H2,(H,33,35)/t25?,29-,40?/m0/s1. The fraction of sp³-hybridized carbons (Fsp3) is 0.167. The Labute approximate surface area is 251 Å². The van der Waals surface area contributed by atoms with Gasteiger partial charge in [-0.2, -0.15) is 0 Å². The van der Waals surface area contributed by atoms with Gasteiger partial charge >= 0.3 is 5.97 Å². The van der Waals surface area contributed by atoms with E-state index in [9.17, 15) is 18.6 Å². The molecule has 204 valence electrons. The maximum Gasteiger partial charge on any atom is 0.356 e. The average molecular weight is 684 g/mol. The van der Waals surface area contributed by atoms with Crippen molar-refractivity contribution in [3.8, 4) is 0 Å². The fourth-order valence-electron chi connectivity index (χ4n) is 4.79. The molecule has 5 rings (SSSR count). The molecule has 1 fully saturated rings. The molecule has 0 aromatic heterocycles. The summed E-state index contributed by atoms with van der Waals surface area (Å²) in [6, 6.07) is 26.8. The number of esters is 1. The second kappa shape index (κ2) is 12.4. The van der Waals surface area contributed by atoms with E-state index in [4.69, 9.17) is 4.74 Å². The van der Waals surface area contributed by atoms with Gasteiger partial charge in [-0.3, -0.25) is 18.7 Å². The van der Waals surface area contributed by atoms with Crippen LogP contribution in [0.5, 0.6) is 0 Å². The molecule has 0 spiro atoms. The minimum Gasteiger partial charge on any atom is -0.448 e. The number of carbonyl (C=O) groups is 3. The fourth-order valence-corrected chi connectivity index (χ4v) is 6.97. The van der Waals surface area contributed by atoms with Crippen LogP contribution in [0.3, 0.4) is 0 Å². The van der Waals surface area contributed by atoms with Crippen molar-refractivity contribution in [1.82, 2.24) is 10.2 Å². The lowest BCUT2D eigenvalue weighted by molar-refractivity contribution is -0.154. The van der Waals surface area contributed by atoms with Crippen LogP contribution in [0.25, 0.3) is 0 Å². The minimum atomic E-state index is -1.57. The van der Waals surface area contributed by atoms with Crippen molar-refractivity contribution in [3.05, 3.63) is 128 Å². The van der Waals surface area contributed by atoms with E-state index in [1.807, 2.05) is 91.0 Å². The highest BCUT2D eigenvalue weighted by atomic mass is 79.9. The molecule has 0 aliphatic carbocycles. The first-order valence-electron chi connectivity index (χ1n) is 12.4. The van der Waals surface area contributed by atoms with E-state index in [1.54, 1.807) is 6.08 Å². The lowest BCUT2D eigenvalue weighted by Crippen LogP contribution is -2.73. The van der Waals surface area contributed by atoms with Crippen LogP contribution in [0.4, 0.5) is 0 Å². The predicted octanol–water partition coefficient (Wildman–Crippen LogP) is 4.86. The van der Waals surface area contributed by atoms with E-state index >= 15 is 0 Å². The Balaban J connectivity index is 1.43. The summed E-state index contributed by atoms with van der Waals surface area (Å²) in [5, 5.41) is 1.84. The van der Waals surface area contributed by atoms with Gasteiger partial charge in [0.25, 0.3) is 5.91 Å². The topological polar surface area (TPSA) is 92.8 Å². The van der Waals surface area contributed by atoms with Crippen molar-refractivity contribution >= 4 is 60.4 Å². The van der Waals surface area contributed by atoms with Gasteiger partial charge in [-0.25, -0.2) is 4.79 Å². The zero-order valence-electron chi connectivity index (χ0n) is 21.0. The van der Waals surface area contributed by atoms with Crippen LogP contribution in [0.15, 0.2) is 112 Å². The van der Waals surface area contributed by atoms with Crippen molar-refractivity contribution in [1.29, 1.82) is 0 Å². The Morgan fingerprint density at radius 1 is 0.950 bits per heavy atom. The molecule has 3 atom stereocenters. The summed E-state index contributed by atoms with van der Waals surface area (Å²) in [4.78, 5) is 41.2. The van der Waals surface area contributed by atoms with E-state index in [2.05, 4.69) is 37.2 Å². The van der Waals surface area contributed by atoms with Crippen molar-refractivity contribution in [2.24, 2.45) is 0 Å². The number of nitrogens with zero attached hydrogens (tertiary/aromatic N) is 1. The van der Waals surface area contributed by atoms with E-state index in [0.717, 1.165) is 16.7 Å². The number of hydrogen-bond acceptors (Lipinski definition) is 5. The van der Waals surface area contributed by atoms with Gasteiger partial charge in [-0.15, -0.1) is 0 Å². The molecular formula is C30H24Br2N2O5S. The van der Waals surface area contributed by atoms with Crippen molar-refractivity contribution in [2.75, 3.05) is 5.75 Å². The van der Waals surface area contributed by atoms with Crippen LogP contribution < -0.4 is 5.32 Å². The molecule has 3 aromatic carbocycles. The summed E-state index contributed by atoms with van der Waals surface area (Å²) in [5.41, 5.74) is 2.71. The van der Waals surface area contributed by atoms with Crippen LogP contribution in [-0.2, 0) is 36.3 Å². The lowest BCUT2D eigenvalue weighted by Gasteiger charge is -2.49. The molecule has 10 heteroatoms. The summed E-state index contributed by atoms with van der Waals surface area (Å²) in [6.45, 7) is 0. The zero-order valence-corrected chi connectivity index (χ0v) is 25.0. The molecule has 7 nitrogen and oxygen atoms in total. The van der Waals surface area contributed by atoms with Gasteiger partial charge in [-0.05, 0) is 60.2 Å². The van der Waals surface area contributed by atoms with Gasteiger partial charge in [0.1, 0.15) is 17.1 Å². The molecule has 3 aromatic rings. The van der Waals surface area contributed by atoms with Gasteiger partial charge in [0, 0.05) is 0 Å². The number of ether oxygens (including phenoxy) is 1. The van der Waals surface area contributed by atoms with Crippen LogP contribution >= 0.6 is 31.9 Å². The molecule has 1 N–H and O–H groups in total. The van der Waals surface area contributed by atoms with Gasteiger partial charge < -0.3 is 10.1 Å². The third-order valence-electron chi connectivity index (χ3n) is 6.59. The molecule has 0 bridgehead atoms. The van der Waals surface area contributed by atoms with Crippen molar-refractivity contribution in [3.63, 3.8) is 0 Å². The van der Waals surface area contributed by atoms with Crippen LogP contribution in [-0.4, -0.2) is 44.1 Å². The van der Waals surface area contributed by atoms with Gasteiger partial charge in [-0.1, -0.05) is 91.0 Å². The number of benzene rings is 3. The third kappa shape index (κ3) is 6.04. The highest BCUT2D eigenvalue weighted by Crippen LogP contribution is 2.38. The molecule has 0 saturated carbocycles. The number of β-lactam (4-membered cyclic amide) rings is 1. The molecule has 2 aliphatic rings. The third-order valence-corrected chi connectivity index (χ3v) is 8.66. The summed E-state index contributed by atoms with van der Waals surface area (Å²) in [7, 11) is -1.57. The van der Waals surface area contributed by atoms with E-state index < -0.39 is 40.2 Å². The molecule has 1 saturated heterocycles. The maximum absolute atomic E-state index is 13.8. The van der Waals surface area contributed by atoms with Gasteiger partial charge in [0.05, 0.1) is 26.4 Å². The monoisotopic (exact) mass is 682 g/mol. The number of amides is 2. The Kier molecular flexibility index (Phi) is 8.78. The summed E-state index contributed by atoms with van der Waals surface area (Å²) >= 11 is 6.61. The van der Waals surface area contributed by atoms with Gasteiger partial charge in [0.2, 0.25) is 5.91 Å². The molecule has 2 heterocycles. The first kappa shape index (κ1) is 28.2. The molecule has 40 heavy (non-hydrogen) atoms. The summed E-state index contributed by atoms with van der Waals surface area (Å²) < 4.78 is 19.9. The highest BCUT2D eigenvalue weighted by Gasteiger charge is 2.57. The number of allylic oxidation sites excluding steroid dienone is 1. The largest absolute Gasteiger partial charge is 0.448 e. The number of halogens is 2. The van der Waals surface area contributed by atoms with Crippen molar-refractivity contribution in [2.45, 2.75) is 23.9 Å². The normalized spacial score (nSPS) is 19.9. The second-order valence-electron chi connectivity index (χ2n) is 9.25. The smallest absolute Gasteiger partial charge is 0.356 e. The highest BCUT2D eigenvalue weighted by molar-refractivity contribution is 9.28. The molecule has 2 amide bonds. The van der Waals surface area contributed by atoms with E-state index in [1.165, 1.54) is 4.90 Å². The van der Waals surface area contributed by atoms with Crippen LogP contribution in [0, 0.1) is 0 Å². The van der Waals surface area contributed by atoms with E-state index in [-0.39, 0.29) is 23.8 Å². The average Bonchev–Trinajstić information content (AvgIpc) is 2.95. The summed E-state index contributed by atoms with van der Waals surface area (Å²) in [6.07, 6.45) is 0.942. The SMILES string of the molecule is O=C(Cc1ccccc1)NC1C(=O)N2C(C(=O)OC(c3ccccc3)c3ccccc3)=C(C=C(Br)Br)CS(=O)[C@@H]12. The zero-order chi connectivity index (χ0) is 28.2. The first-order chi connectivity index (χ1) is 19.3. The Hall–Kier alpha value is -3.34. The predicted molar refractivity (Wildman–Crippen MR) is 160 cm³/mol. The number of carbonyl (C=O) groups excluding carboxylic acids is 3. The molecule has 0 radical (unpaired) electrons. The molecule has 2 unspecified atom stereocenters. The quantitative estimate of drug-likeness (QED) is 0.271. The number of rotatable bonds is 8. The number of hydrogen-bond donors (Lipinski definition) is 1. The van der Waals surface area contributed by atoms with Gasteiger partial charge in [0.15, 0.2) is 6.10 Å². The summed E-state index contributed by atoms with van der Waals surface area (Å²) in [5.74, 6) is -1.60. The first-order valence-corrected chi connectivity index (χ1v) is 15.4. The molecule has 2 aliphatic heterocycles. The Bertz CT molecular complexity index is 1470. The Morgan fingerprint density at radius 2 is 1.50 bits per heavy atom.